The number of rotatable bonds is 10. The molecule has 0 fully saturated rings. The van der Waals surface area contributed by atoms with E-state index in [1.165, 1.54) is 24.6 Å². The molecule has 0 radical (unpaired) electrons. The zero-order chi connectivity index (χ0) is 24.8. The molecular formula is C28H40N2O2S. The largest absolute Gasteiger partial charge is 0.497 e. The van der Waals surface area contributed by atoms with E-state index < -0.39 is 0 Å². The molecule has 0 spiro atoms. The molecule has 1 amide bonds. The minimum Gasteiger partial charge on any atom is -0.497 e. The number of amides is 1. The lowest BCUT2D eigenvalue weighted by Gasteiger charge is -2.11. The molecule has 0 heterocycles. The van der Waals surface area contributed by atoms with Crippen LogP contribution >= 0.6 is 11.8 Å². The van der Waals surface area contributed by atoms with E-state index in [1.54, 1.807) is 14.2 Å². The molecule has 0 bridgehead atoms. The number of ether oxygens (including phenoxy) is 1. The predicted molar refractivity (Wildman–Crippen MR) is 145 cm³/mol. The maximum atomic E-state index is 12.0. The van der Waals surface area contributed by atoms with Gasteiger partial charge in [-0.2, -0.15) is 0 Å². The van der Waals surface area contributed by atoms with Gasteiger partial charge in [-0.25, -0.2) is 0 Å². The SMILES string of the molecule is C=C(SC(C(=O)NC)=C(C)C)c1ccc(-c2ccc(OC)cc2)cc1.CNCCCC(C)C. The Morgan fingerprint density at radius 1 is 1.00 bits per heavy atom. The molecule has 0 aromatic heterocycles. The number of hydrogen-bond donors (Lipinski definition) is 2. The van der Waals surface area contributed by atoms with Crippen molar-refractivity contribution in [2.24, 2.45) is 5.92 Å². The first-order chi connectivity index (χ1) is 15.7. The number of carbonyl (C=O) groups is 1. The Morgan fingerprint density at radius 3 is 1.97 bits per heavy atom. The fraction of sp³-hybridized carbons (Fsp3) is 0.393. The lowest BCUT2D eigenvalue weighted by Crippen LogP contribution is -2.19. The van der Waals surface area contributed by atoms with E-state index in [2.05, 4.69) is 43.2 Å². The number of methoxy groups -OCH3 is 1. The number of carbonyl (C=O) groups excluding carboxylic acids is 1. The third-order valence-corrected chi connectivity index (χ3v) is 6.23. The predicted octanol–water partition coefficient (Wildman–Crippen LogP) is 6.75. The maximum absolute atomic E-state index is 12.0. The highest BCUT2D eigenvalue weighted by Gasteiger charge is 2.13. The van der Waals surface area contributed by atoms with E-state index in [0.717, 1.165) is 45.4 Å². The molecule has 33 heavy (non-hydrogen) atoms. The lowest BCUT2D eigenvalue weighted by atomic mass is 10.0. The summed E-state index contributed by atoms with van der Waals surface area (Å²) >= 11 is 1.40. The number of hydrogen-bond acceptors (Lipinski definition) is 4. The van der Waals surface area contributed by atoms with Crippen LogP contribution in [0.1, 0.15) is 46.1 Å². The molecule has 0 saturated carbocycles. The Hall–Kier alpha value is -2.50. The molecule has 0 atom stereocenters. The van der Waals surface area contributed by atoms with E-state index in [0.29, 0.717) is 4.91 Å². The van der Waals surface area contributed by atoms with Crippen molar-refractivity contribution in [1.82, 2.24) is 10.6 Å². The summed E-state index contributed by atoms with van der Waals surface area (Å²) < 4.78 is 5.19. The van der Waals surface area contributed by atoms with Crippen LogP contribution in [0.25, 0.3) is 16.0 Å². The third-order valence-electron chi connectivity index (χ3n) is 4.95. The summed E-state index contributed by atoms with van der Waals surface area (Å²) in [6.07, 6.45) is 2.66. The average Bonchev–Trinajstić information content (AvgIpc) is 2.82. The molecule has 2 aromatic rings. The summed E-state index contributed by atoms with van der Waals surface area (Å²) in [6, 6.07) is 16.1. The molecule has 0 aliphatic carbocycles. The Kier molecular flexibility index (Phi) is 13.3. The standard InChI is InChI=1S/C21H23NO2S.C7H17N/c1-14(2)20(21(23)22-4)25-15(3)16-6-8-17(9-7-16)18-10-12-19(24-5)13-11-18;1-7(2)5-4-6-8-3/h6-13H,3H2,1-2,4-5H3,(H,22,23);7-8H,4-6H2,1-3H3. The highest BCUT2D eigenvalue weighted by Crippen LogP contribution is 2.34. The molecule has 180 valence electrons. The Balaban J connectivity index is 0.000000582. The first kappa shape index (κ1) is 28.5. The molecule has 2 rings (SSSR count). The van der Waals surface area contributed by atoms with Gasteiger partial charge in [0, 0.05) is 12.0 Å². The number of allylic oxidation sites excluding steroid dienone is 1. The van der Waals surface area contributed by atoms with Crippen LogP contribution in [0.4, 0.5) is 0 Å². The minimum atomic E-state index is -0.0824. The maximum Gasteiger partial charge on any atom is 0.257 e. The van der Waals surface area contributed by atoms with Crippen LogP contribution in [0.3, 0.4) is 0 Å². The van der Waals surface area contributed by atoms with Crippen LogP contribution in [-0.4, -0.2) is 33.7 Å². The lowest BCUT2D eigenvalue weighted by molar-refractivity contribution is -0.116. The summed E-state index contributed by atoms with van der Waals surface area (Å²) in [5.74, 6) is 1.62. The Bertz CT molecular complexity index is 896. The van der Waals surface area contributed by atoms with Gasteiger partial charge in [0.2, 0.25) is 0 Å². The average molecular weight is 469 g/mol. The Labute approximate surface area is 204 Å². The molecule has 0 aliphatic rings. The van der Waals surface area contributed by atoms with Gasteiger partial charge in [-0.1, -0.05) is 74.2 Å². The van der Waals surface area contributed by atoms with Gasteiger partial charge in [0.15, 0.2) is 0 Å². The first-order valence-electron chi connectivity index (χ1n) is 11.4. The summed E-state index contributed by atoms with van der Waals surface area (Å²) in [5, 5.41) is 5.80. The molecule has 0 unspecified atom stereocenters. The number of likely N-dealkylation sites (N-methyl/N-ethyl adjacent to an activating group) is 1. The number of nitrogens with one attached hydrogen (secondary N) is 2. The third kappa shape index (κ3) is 10.3. The second-order valence-corrected chi connectivity index (χ2v) is 9.48. The minimum absolute atomic E-state index is 0.0824. The van der Waals surface area contributed by atoms with E-state index in [4.69, 9.17) is 4.74 Å². The van der Waals surface area contributed by atoms with Gasteiger partial charge in [0.05, 0.1) is 12.0 Å². The zero-order valence-electron chi connectivity index (χ0n) is 21.2. The second kappa shape index (κ2) is 15.4. The fourth-order valence-electron chi connectivity index (χ4n) is 2.99. The van der Waals surface area contributed by atoms with Crippen LogP contribution in [0.2, 0.25) is 0 Å². The summed E-state index contributed by atoms with van der Waals surface area (Å²) in [7, 11) is 5.30. The van der Waals surface area contributed by atoms with Crippen LogP contribution in [0.5, 0.6) is 5.75 Å². The van der Waals surface area contributed by atoms with Gasteiger partial charge in [0.25, 0.3) is 5.91 Å². The highest BCUT2D eigenvalue weighted by atomic mass is 32.2. The fourth-order valence-corrected chi connectivity index (χ4v) is 3.89. The summed E-state index contributed by atoms with van der Waals surface area (Å²) in [5.41, 5.74) is 4.23. The molecule has 5 heteroatoms. The van der Waals surface area contributed by atoms with Crippen molar-refractivity contribution in [3.8, 4) is 16.9 Å². The van der Waals surface area contributed by atoms with Gasteiger partial charge in [-0.05, 0) is 75.0 Å². The van der Waals surface area contributed by atoms with Crippen LogP contribution in [0, 0.1) is 5.92 Å². The molecule has 0 saturated heterocycles. The van der Waals surface area contributed by atoms with E-state index in [-0.39, 0.29) is 5.91 Å². The van der Waals surface area contributed by atoms with E-state index in [1.807, 2.05) is 57.3 Å². The monoisotopic (exact) mass is 468 g/mol. The van der Waals surface area contributed by atoms with Crippen LogP contribution in [-0.2, 0) is 4.79 Å². The van der Waals surface area contributed by atoms with Crippen LogP contribution in [0.15, 0.2) is 65.6 Å². The van der Waals surface area contributed by atoms with Gasteiger partial charge < -0.3 is 15.4 Å². The molecule has 0 aliphatic heterocycles. The van der Waals surface area contributed by atoms with Crippen LogP contribution < -0.4 is 15.4 Å². The Morgan fingerprint density at radius 2 is 1.55 bits per heavy atom. The number of benzene rings is 2. The molecule has 2 aromatic carbocycles. The van der Waals surface area contributed by atoms with Crippen molar-refractivity contribution in [2.45, 2.75) is 40.5 Å². The van der Waals surface area contributed by atoms with Crippen molar-refractivity contribution in [3.05, 3.63) is 71.2 Å². The summed E-state index contributed by atoms with van der Waals surface area (Å²) in [4.78, 5) is 13.5. The van der Waals surface area contributed by atoms with Crippen molar-refractivity contribution in [1.29, 1.82) is 0 Å². The zero-order valence-corrected chi connectivity index (χ0v) is 22.1. The van der Waals surface area contributed by atoms with Gasteiger partial charge in [-0.15, -0.1) is 0 Å². The second-order valence-electron chi connectivity index (χ2n) is 8.38. The molecule has 4 nitrogen and oxygen atoms in total. The van der Waals surface area contributed by atoms with Gasteiger partial charge >= 0.3 is 0 Å². The van der Waals surface area contributed by atoms with Gasteiger partial charge in [-0.3, -0.25) is 4.79 Å². The van der Waals surface area contributed by atoms with E-state index >= 15 is 0 Å². The molecular weight excluding hydrogens is 428 g/mol. The quantitative estimate of drug-likeness (QED) is 0.299. The molecule has 2 N–H and O–H groups in total. The smallest absolute Gasteiger partial charge is 0.257 e. The first-order valence-corrected chi connectivity index (χ1v) is 12.2. The normalized spacial score (nSPS) is 10.2. The summed E-state index contributed by atoms with van der Waals surface area (Å²) in [6.45, 7) is 13.7. The van der Waals surface area contributed by atoms with Crippen molar-refractivity contribution < 1.29 is 9.53 Å². The highest BCUT2D eigenvalue weighted by molar-refractivity contribution is 8.12. The van der Waals surface area contributed by atoms with Crippen molar-refractivity contribution in [3.63, 3.8) is 0 Å². The van der Waals surface area contributed by atoms with Crippen molar-refractivity contribution in [2.75, 3.05) is 27.7 Å². The van der Waals surface area contributed by atoms with Crippen molar-refractivity contribution >= 4 is 22.6 Å². The van der Waals surface area contributed by atoms with Gasteiger partial charge in [0.1, 0.15) is 5.75 Å². The number of thioether (sulfide) groups is 1. The van der Waals surface area contributed by atoms with E-state index in [9.17, 15) is 4.79 Å². The topological polar surface area (TPSA) is 50.4 Å².